The summed E-state index contributed by atoms with van der Waals surface area (Å²) in [7, 11) is 1.59. The monoisotopic (exact) mass is 304 g/mol. The fourth-order valence-electron chi connectivity index (χ4n) is 1.84. The van der Waals surface area contributed by atoms with E-state index in [2.05, 4.69) is 10.3 Å². The molecule has 0 aliphatic rings. The summed E-state index contributed by atoms with van der Waals surface area (Å²) >= 11 is 1.32. The summed E-state index contributed by atoms with van der Waals surface area (Å²) in [5.41, 5.74) is -0.672. The number of fused-ring (bicyclic) bond motifs is 1. The third-order valence-electron chi connectivity index (χ3n) is 2.67. The number of halogens is 3. The summed E-state index contributed by atoms with van der Waals surface area (Å²) < 4.78 is 43.7. The van der Waals surface area contributed by atoms with Crippen LogP contribution in [0.15, 0.2) is 18.2 Å². The average molecular weight is 304 g/mol. The molecule has 0 bridgehead atoms. The number of ether oxygens (including phenoxy) is 1. The lowest BCUT2D eigenvalue weighted by molar-refractivity contribution is -0.137. The van der Waals surface area contributed by atoms with Crippen molar-refractivity contribution >= 4 is 26.7 Å². The Morgan fingerprint density at radius 3 is 2.60 bits per heavy atom. The van der Waals surface area contributed by atoms with Gasteiger partial charge in [0.2, 0.25) is 0 Å². The van der Waals surface area contributed by atoms with E-state index in [1.165, 1.54) is 17.4 Å². The highest BCUT2D eigenvalue weighted by atomic mass is 32.1. The summed E-state index contributed by atoms with van der Waals surface area (Å²) in [6.45, 7) is 4.34. The van der Waals surface area contributed by atoms with Crippen LogP contribution in [0.4, 0.5) is 18.3 Å². The van der Waals surface area contributed by atoms with Crippen LogP contribution in [0.1, 0.15) is 19.4 Å². The van der Waals surface area contributed by atoms with Crippen LogP contribution in [0.25, 0.3) is 10.2 Å². The van der Waals surface area contributed by atoms with Crippen molar-refractivity contribution in [3.05, 3.63) is 23.8 Å². The van der Waals surface area contributed by atoms with Crippen LogP contribution in [0.2, 0.25) is 0 Å². The van der Waals surface area contributed by atoms with Gasteiger partial charge in [0.1, 0.15) is 0 Å². The minimum Gasteiger partial charge on any atom is -0.382 e. The Hall–Kier alpha value is -1.34. The van der Waals surface area contributed by atoms with Gasteiger partial charge in [-0.2, -0.15) is 13.2 Å². The Morgan fingerprint density at radius 2 is 2.00 bits per heavy atom. The second-order valence-corrected chi connectivity index (χ2v) is 6.17. The van der Waals surface area contributed by atoms with Crippen molar-refractivity contribution in [1.29, 1.82) is 0 Å². The first-order valence-corrected chi connectivity index (χ1v) is 6.78. The summed E-state index contributed by atoms with van der Waals surface area (Å²) in [5.74, 6) is 0. The Bertz CT molecular complexity index is 607. The number of benzene rings is 1. The normalized spacial score (nSPS) is 12.9. The van der Waals surface area contributed by atoms with E-state index in [9.17, 15) is 13.2 Å². The zero-order valence-corrected chi connectivity index (χ0v) is 12.2. The number of thiazole rings is 1. The molecule has 0 aliphatic heterocycles. The van der Waals surface area contributed by atoms with E-state index < -0.39 is 11.7 Å². The highest BCUT2D eigenvalue weighted by Gasteiger charge is 2.31. The van der Waals surface area contributed by atoms with E-state index >= 15 is 0 Å². The molecule has 1 heterocycles. The largest absolute Gasteiger partial charge is 0.416 e. The molecule has 0 amide bonds. The first-order chi connectivity index (χ1) is 9.21. The van der Waals surface area contributed by atoms with Gasteiger partial charge < -0.3 is 10.1 Å². The molecule has 20 heavy (non-hydrogen) atoms. The van der Waals surface area contributed by atoms with Gasteiger partial charge in [-0.25, -0.2) is 4.98 Å². The van der Waals surface area contributed by atoms with Gasteiger partial charge in [-0.3, -0.25) is 0 Å². The van der Waals surface area contributed by atoms with Crippen molar-refractivity contribution in [2.45, 2.75) is 25.6 Å². The second-order valence-electron chi connectivity index (χ2n) is 5.14. The lowest BCUT2D eigenvalue weighted by Crippen LogP contribution is -2.35. The van der Waals surface area contributed by atoms with Gasteiger partial charge in [0.05, 0.1) is 27.9 Å². The highest BCUT2D eigenvalue weighted by molar-refractivity contribution is 7.22. The molecule has 3 nitrogen and oxygen atoms in total. The van der Waals surface area contributed by atoms with E-state index in [0.717, 1.165) is 12.1 Å². The Balaban J connectivity index is 2.30. The fourth-order valence-corrected chi connectivity index (χ4v) is 2.87. The molecule has 0 saturated heterocycles. The Morgan fingerprint density at radius 1 is 1.30 bits per heavy atom. The maximum atomic E-state index is 12.6. The molecule has 2 rings (SSSR count). The molecule has 1 aromatic carbocycles. The minimum absolute atomic E-state index is 0.338. The number of anilines is 1. The highest BCUT2D eigenvalue weighted by Crippen LogP contribution is 2.34. The predicted octanol–water partition coefficient (Wildman–Crippen LogP) is 4.15. The van der Waals surface area contributed by atoms with E-state index in [1.54, 1.807) is 7.11 Å². The number of alkyl halides is 3. The van der Waals surface area contributed by atoms with Crippen LogP contribution in [0.3, 0.4) is 0 Å². The van der Waals surface area contributed by atoms with E-state index in [-0.39, 0.29) is 5.54 Å². The van der Waals surface area contributed by atoms with Crippen molar-refractivity contribution in [2.24, 2.45) is 0 Å². The van der Waals surface area contributed by atoms with Gasteiger partial charge >= 0.3 is 6.18 Å². The molecule has 1 aromatic heterocycles. The van der Waals surface area contributed by atoms with Crippen molar-refractivity contribution in [1.82, 2.24) is 4.98 Å². The smallest absolute Gasteiger partial charge is 0.382 e. The molecule has 1 N–H and O–H groups in total. The standard InChI is InChI=1S/C13H15F3N2OS/c1-12(2,7-19-3)18-11-17-9-6-8(13(14,15)16)4-5-10(9)20-11/h4-6H,7H2,1-3H3,(H,17,18). The molecule has 7 heteroatoms. The first-order valence-electron chi connectivity index (χ1n) is 5.96. The molecule has 2 aromatic rings. The van der Waals surface area contributed by atoms with Crippen LogP contribution in [-0.2, 0) is 10.9 Å². The molecular formula is C13H15F3N2OS. The van der Waals surface area contributed by atoms with E-state index in [1.807, 2.05) is 13.8 Å². The van der Waals surface area contributed by atoms with E-state index in [4.69, 9.17) is 4.74 Å². The first kappa shape index (κ1) is 15.1. The summed E-state index contributed by atoms with van der Waals surface area (Å²) in [4.78, 5) is 4.21. The Labute approximate surface area is 118 Å². The molecule has 0 spiro atoms. The second kappa shape index (κ2) is 5.21. The van der Waals surface area contributed by atoms with Gasteiger partial charge in [-0.15, -0.1) is 0 Å². The van der Waals surface area contributed by atoms with Crippen LogP contribution in [0, 0.1) is 0 Å². The van der Waals surface area contributed by atoms with Gasteiger partial charge in [-0.05, 0) is 32.0 Å². The number of nitrogens with one attached hydrogen (secondary N) is 1. The Kier molecular flexibility index (Phi) is 3.93. The number of methoxy groups -OCH3 is 1. The molecular weight excluding hydrogens is 289 g/mol. The zero-order chi connectivity index (χ0) is 15.0. The third kappa shape index (κ3) is 3.40. The predicted molar refractivity (Wildman–Crippen MR) is 74.2 cm³/mol. The van der Waals surface area contributed by atoms with Gasteiger partial charge in [0, 0.05) is 7.11 Å². The molecule has 0 atom stereocenters. The molecule has 0 radical (unpaired) electrons. The number of nitrogens with zero attached hydrogens (tertiary/aromatic N) is 1. The van der Waals surface area contributed by atoms with Gasteiger partial charge in [0.25, 0.3) is 0 Å². The number of hydrogen-bond donors (Lipinski definition) is 1. The lowest BCUT2D eigenvalue weighted by Gasteiger charge is -2.24. The van der Waals surface area contributed by atoms with Crippen molar-refractivity contribution < 1.29 is 17.9 Å². The van der Waals surface area contributed by atoms with Crippen molar-refractivity contribution in [2.75, 3.05) is 19.0 Å². The fraction of sp³-hybridized carbons (Fsp3) is 0.462. The number of rotatable bonds is 4. The average Bonchev–Trinajstić information content (AvgIpc) is 2.67. The molecule has 0 unspecified atom stereocenters. The quantitative estimate of drug-likeness (QED) is 0.921. The van der Waals surface area contributed by atoms with Gasteiger partial charge in [0.15, 0.2) is 5.13 Å². The topological polar surface area (TPSA) is 34.1 Å². The zero-order valence-electron chi connectivity index (χ0n) is 11.3. The van der Waals surface area contributed by atoms with Crippen molar-refractivity contribution in [3.8, 4) is 0 Å². The minimum atomic E-state index is -4.35. The van der Waals surface area contributed by atoms with Crippen LogP contribution < -0.4 is 5.32 Å². The number of aromatic nitrogens is 1. The third-order valence-corrected chi connectivity index (χ3v) is 3.62. The van der Waals surface area contributed by atoms with Crippen LogP contribution in [-0.4, -0.2) is 24.2 Å². The summed E-state index contributed by atoms with van der Waals surface area (Å²) in [5, 5.41) is 3.75. The van der Waals surface area contributed by atoms with Crippen LogP contribution in [0.5, 0.6) is 0 Å². The maximum Gasteiger partial charge on any atom is 0.416 e. The van der Waals surface area contributed by atoms with Gasteiger partial charge in [-0.1, -0.05) is 11.3 Å². The summed E-state index contributed by atoms with van der Waals surface area (Å²) in [6, 6.07) is 3.59. The number of hydrogen-bond acceptors (Lipinski definition) is 4. The van der Waals surface area contributed by atoms with E-state index in [0.29, 0.717) is 22.0 Å². The molecule has 0 saturated carbocycles. The molecule has 0 fully saturated rings. The molecule has 0 aliphatic carbocycles. The maximum absolute atomic E-state index is 12.6. The van der Waals surface area contributed by atoms with Crippen molar-refractivity contribution in [3.63, 3.8) is 0 Å². The summed E-state index contributed by atoms with van der Waals surface area (Å²) in [6.07, 6.45) is -4.35. The SMILES string of the molecule is COCC(C)(C)Nc1nc2cc(C(F)(F)F)ccc2s1. The van der Waals surface area contributed by atoms with Crippen LogP contribution >= 0.6 is 11.3 Å². The molecule has 110 valence electrons. The lowest BCUT2D eigenvalue weighted by atomic mass is 10.1.